The number of rotatable bonds is 0. The first kappa shape index (κ1) is 4.64. The fraction of sp³-hybridized carbons (Fsp3) is 0.750. The smallest absolute Gasteiger partial charge is 0.234 e. The molecule has 2 atom stereocenters. The minimum Gasteiger partial charge on any atom is -0.341 e. The van der Waals surface area contributed by atoms with E-state index in [9.17, 15) is 4.79 Å². The molecule has 3 nitrogen and oxygen atoms in total. The maximum absolute atomic E-state index is 10.5. The van der Waals surface area contributed by atoms with Crippen molar-refractivity contribution < 1.29 is 4.79 Å². The van der Waals surface area contributed by atoms with Gasteiger partial charge in [0.25, 0.3) is 0 Å². The fourth-order valence-corrected chi connectivity index (χ4v) is 1.55. The molecule has 0 spiro atoms. The van der Waals surface area contributed by atoms with Crippen LogP contribution in [0.4, 0.5) is 0 Å². The average Bonchev–Trinajstić information content (AvgIpc) is 2.43. The number of carbonyl (C=O) groups is 1. The molecule has 2 heterocycles. The van der Waals surface area contributed by atoms with Crippen molar-refractivity contribution in [3.05, 3.63) is 0 Å². The summed E-state index contributed by atoms with van der Waals surface area (Å²) in [6, 6.07) is 0. The molecule has 2 rings (SSSR count). The van der Waals surface area contributed by atoms with Gasteiger partial charge >= 0.3 is 0 Å². The summed E-state index contributed by atoms with van der Waals surface area (Å²) in [5, 5.41) is 6.78. The third-order valence-electron chi connectivity index (χ3n) is 1.26. The molecule has 2 N–H and O–H groups in total. The van der Waals surface area contributed by atoms with Crippen LogP contribution in [0.2, 0.25) is 0 Å². The topological polar surface area (TPSA) is 41.1 Å². The zero-order chi connectivity index (χ0) is 5.56. The summed E-state index contributed by atoms with van der Waals surface area (Å²) in [5.41, 5.74) is 0. The zero-order valence-electron chi connectivity index (χ0n) is 4.18. The van der Waals surface area contributed by atoms with Gasteiger partial charge in [-0.2, -0.15) is 0 Å². The first-order valence-corrected chi connectivity index (χ1v) is 3.49. The summed E-state index contributed by atoms with van der Waals surface area (Å²) in [6.07, 6.45) is 0. The average molecular weight is 130 g/mol. The summed E-state index contributed by atoms with van der Waals surface area (Å²) in [6.45, 7) is 0.494. The van der Waals surface area contributed by atoms with Crippen molar-refractivity contribution in [3.63, 3.8) is 0 Å². The van der Waals surface area contributed by atoms with Gasteiger partial charge in [-0.15, -0.1) is 11.8 Å². The highest BCUT2D eigenvalue weighted by Gasteiger charge is 2.42. The van der Waals surface area contributed by atoms with Crippen molar-refractivity contribution >= 4 is 17.7 Å². The first-order valence-electron chi connectivity index (χ1n) is 2.54. The molecule has 0 aromatic rings. The quantitative estimate of drug-likeness (QED) is 0.418. The molecule has 44 valence electrons. The van der Waals surface area contributed by atoms with Crippen molar-refractivity contribution in [3.8, 4) is 0 Å². The highest BCUT2D eigenvalue weighted by molar-refractivity contribution is 8.07. The minimum atomic E-state index is 0.122. The van der Waals surface area contributed by atoms with Gasteiger partial charge in [0.05, 0.1) is 11.9 Å². The Labute approximate surface area is 51.2 Å². The van der Waals surface area contributed by atoms with Crippen molar-refractivity contribution in [1.29, 1.82) is 0 Å². The van der Waals surface area contributed by atoms with Crippen LogP contribution >= 0.6 is 11.8 Å². The van der Waals surface area contributed by atoms with Gasteiger partial charge in [0.15, 0.2) is 0 Å². The Balaban J connectivity index is 2.02. The highest BCUT2D eigenvalue weighted by atomic mass is 32.2. The second kappa shape index (κ2) is 1.39. The van der Waals surface area contributed by atoms with Crippen molar-refractivity contribution in [2.45, 2.75) is 10.7 Å². The lowest BCUT2D eigenvalue weighted by molar-refractivity contribution is -0.121. The number of piperazine rings is 1. The van der Waals surface area contributed by atoms with Crippen LogP contribution < -0.4 is 10.6 Å². The third-order valence-corrected chi connectivity index (χ3v) is 2.36. The van der Waals surface area contributed by atoms with E-state index in [1.807, 2.05) is 0 Å². The third kappa shape index (κ3) is 0.605. The largest absolute Gasteiger partial charge is 0.341 e. The summed E-state index contributed by atoms with van der Waals surface area (Å²) < 4.78 is 0. The van der Waals surface area contributed by atoms with Gasteiger partial charge in [-0.1, -0.05) is 0 Å². The van der Waals surface area contributed by atoms with Crippen LogP contribution in [0.3, 0.4) is 0 Å². The molecule has 0 saturated carbocycles. The SMILES string of the molecule is O=C1CNC2SC2N1. The number of hydrogen-bond acceptors (Lipinski definition) is 3. The second-order valence-electron chi connectivity index (χ2n) is 1.93. The first-order chi connectivity index (χ1) is 3.86. The fourth-order valence-electron chi connectivity index (χ4n) is 0.780. The Morgan fingerprint density at radius 2 is 2.50 bits per heavy atom. The Morgan fingerprint density at radius 3 is 3.12 bits per heavy atom. The van der Waals surface area contributed by atoms with E-state index in [2.05, 4.69) is 10.6 Å². The molecule has 2 unspecified atom stereocenters. The van der Waals surface area contributed by atoms with Crippen molar-refractivity contribution in [1.82, 2.24) is 10.6 Å². The predicted molar refractivity (Wildman–Crippen MR) is 31.3 cm³/mol. The number of nitrogens with one attached hydrogen (secondary N) is 2. The van der Waals surface area contributed by atoms with Gasteiger partial charge in [-0.3, -0.25) is 10.1 Å². The van der Waals surface area contributed by atoms with Crippen LogP contribution in [0.15, 0.2) is 0 Å². The maximum Gasteiger partial charge on any atom is 0.234 e. The molecule has 0 radical (unpaired) electrons. The van der Waals surface area contributed by atoms with E-state index in [0.29, 0.717) is 17.3 Å². The molecular formula is C4H6N2OS. The van der Waals surface area contributed by atoms with Gasteiger partial charge < -0.3 is 5.32 Å². The van der Waals surface area contributed by atoms with E-state index in [-0.39, 0.29) is 5.91 Å². The molecule has 1 amide bonds. The van der Waals surface area contributed by atoms with E-state index in [1.165, 1.54) is 0 Å². The highest BCUT2D eigenvalue weighted by Crippen LogP contribution is 2.37. The Kier molecular flexibility index (Phi) is 0.804. The van der Waals surface area contributed by atoms with Crippen LogP contribution in [0.5, 0.6) is 0 Å². The maximum atomic E-state index is 10.5. The molecule has 4 heteroatoms. The van der Waals surface area contributed by atoms with Crippen molar-refractivity contribution in [2.24, 2.45) is 0 Å². The minimum absolute atomic E-state index is 0.122. The molecule has 8 heavy (non-hydrogen) atoms. The number of thioether (sulfide) groups is 1. The Hall–Kier alpha value is -0.220. The van der Waals surface area contributed by atoms with E-state index in [4.69, 9.17) is 0 Å². The molecular weight excluding hydrogens is 124 g/mol. The predicted octanol–water partition coefficient (Wildman–Crippen LogP) is -0.895. The number of carbonyl (C=O) groups excluding carboxylic acids is 1. The monoisotopic (exact) mass is 130 g/mol. The van der Waals surface area contributed by atoms with E-state index < -0.39 is 0 Å². The number of amides is 1. The normalized spacial score (nSPS) is 42.8. The summed E-state index contributed by atoms with van der Waals surface area (Å²) >= 11 is 1.76. The Bertz CT molecular complexity index is 138. The summed E-state index contributed by atoms with van der Waals surface area (Å²) in [5.74, 6) is 0.122. The van der Waals surface area contributed by atoms with E-state index in [1.54, 1.807) is 11.8 Å². The van der Waals surface area contributed by atoms with Crippen LogP contribution in [0.25, 0.3) is 0 Å². The van der Waals surface area contributed by atoms with Crippen LogP contribution in [-0.4, -0.2) is 23.2 Å². The summed E-state index contributed by atoms with van der Waals surface area (Å²) in [7, 11) is 0. The van der Waals surface area contributed by atoms with Crippen LogP contribution in [-0.2, 0) is 4.79 Å². The lowest BCUT2D eigenvalue weighted by atomic mass is 10.4. The van der Waals surface area contributed by atoms with Gasteiger partial charge in [0.1, 0.15) is 5.37 Å². The molecule has 0 aromatic carbocycles. The molecule has 2 aliphatic rings. The number of hydrogen-bond donors (Lipinski definition) is 2. The van der Waals surface area contributed by atoms with Crippen LogP contribution in [0, 0.1) is 0 Å². The molecule has 2 aliphatic heterocycles. The molecule has 0 aromatic heterocycles. The van der Waals surface area contributed by atoms with E-state index >= 15 is 0 Å². The van der Waals surface area contributed by atoms with Gasteiger partial charge in [0, 0.05) is 0 Å². The van der Waals surface area contributed by atoms with Gasteiger partial charge in [-0.25, -0.2) is 0 Å². The molecule has 0 aliphatic carbocycles. The lowest BCUT2D eigenvalue weighted by Gasteiger charge is -2.08. The van der Waals surface area contributed by atoms with E-state index in [0.717, 1.165) is 0 Å². The van der Waals surface area contributed by atoms with Crippen LogP contribution in [0.1, 0.15) is 0 Å². The lowest BCUT2D eigenvalue weighted by Crippen LogP contribution is -2.44. The van der Waals surface area contributed by atoms with Gasteiger partial charge in [0.2, 0.25) is 5.91 Å². The standard InChI is InChI=1S/C4H6N2OS/c7-2-1-5-3-4(6-2)8-3/h3-5H,1H2,(H,6,7). The second-order valence-corrected chi connectivity index (χ2v) is 3.21. The number of fused-ring (bicyclic) bond motifs is 1. The summed E-state index contributed by atoms with van der Waals surface area (Å²) in [4.78, 5) is 10.5. The molecule has 2 saturated heterocycles. The molecule has 2 fully saturated rings. The Morgan fingerprint density at radius 1 is 1.62 bits per heavy atom. The molecule has 0 bridgehead atoms. The zero-order valence-corrected chi connectivity index (χ0v) is 4.99. The van der Waals surface area contributed by atoms with Gasteiger partial charge in [-0.05, 0) is 0 Å². The van der Waals surface area contributed by atoms with Crippen molar-refractivity contribution in [2.75, 3.05) is 6.54 Å².